The van der Waals surface area contributed by atoms with E-state index in [1.54, 1.807) is 6.92 Å². The summed E-state index contributed by atoms with van der Waals surface area (Å²) in [6, 6.07) is 0. The van der Waals surface area contributed by atoms with Crippen molar-refractivity contribution in [1.29, 1.82) is 0 Å². The van der Waals surface area contributed by atoms with Crippen LogP contribution < -0.4 is 4.90 Å². The highest BCUT2D eigenvalue weighted by molar-refractivity contribution is 4.66. The molecule has 0 amide bonds. The van der Waals surface area contributed by atoms with Gasteiger partial charge < -0.3 is 19.0 Å². The molecule has 0 spiro atoms. The summed E-state index contributed by atoms with van der Waals surface area (Å²) in [6.07, 6.45) is 2.71. The van der Waals surface area contributed by atoms with Crippen molar-refractivity contribution in [3.63, 3.8) is 0 Å². The number of hydrogen-bond donors (Lipinski definition) is 2. The largest absolute Gasteiger partial charge is 0.388 e. The van der Waals surface area contributed by atoms with Crippen molar-refractivity contribution in [3.05, 3.63) is 0 Å². The highest BCUT2D eigenvalue weighted by atomic mass is 16.3. The lowest BCUT2D eigenvalue weighted by atomic mass is 9.99. The molecule has 0 aliphatic carbocycles. The average Bonchev–Trinajstić information content (AvgIpc) is 2.58. The molecule has 0 aromatic carbocycles. The van der Waals surface area contributed by atoms with Crippen LogP contribution in [0.15, 0.2) is 0 Å². The SMILES string of the molecule is CC(O)C[NH+](C)C.CC1CCC[N+](C)(C)C1.CC1C[N+](C)(C)CC1C. The van der Waals surface area contributed by atoms with Gasteiger partial charge in [-0.15, -0.1) is 0 Å². The van der Waals surface area contributed by atoms with Crippen LogP contribution in [0.4, 0.5) is 0 Å². The number of nitrogens with zero attached hydrogens (tertiary/aromatic N) is 2. The summed E-state index contributed by atoms with van der Waals surface area (Å²) in [5.74, 6) is 2.81. The van der Waals surface area contributed by atoms with Crippen molar-refractivity contribution in [2.24, 2.45) is 17.8 Å². The van der Waals surface area contributed by atoms with E-state index in [0.717, 1.165) is 24.3 Å². The van der Waals surface area contributed by atoms with Crippen molar-refractivity contribution in [3.8, 4) is 0 Å². The van der Waals surface area contributed by atoms with Crippen molar-refractivity contribution in [1.82, 2.24) is 0 Å². The first-order valence-corrected chi connectivity index (χ1v) is 10.3. The van der Waals surface area contributed by atoms with E-state index in [-0.39, 0.29) is 6.10 Å². The molecular formula is C21H50N3O+3. The maximum absolute atomic E-state index is 8.70. The van der Waals surface area contributed by atoms with E-state index >= 15 is 0 Å². The van der Waals surface area contributed by atoms with Crippen LogP contribution in [0.3, 0.4) is 0 Å². The van der Waals surface area contributed by atoms with Gasteiger partial charge in [0.05, 0.1) is 68.5 Å². The molecule has 2 saturated heterocycles. The van der Waals surface area contributed by atoms with E-state index < -0.39 is 0 Å². The molecule has 0 saturated carbocycles. The molecule has 2 aliphatic heterocycles. The van der Waals surface area contributed by atoms with Gasteiger partial charge in [-0.05, 0) is 19.8 Å². The fraction of sp³-hybridized carbons (Fsp3) is 1.00. The minimum absolute atomic E-state index is 0.162. The maximum Gasteiger partial charge on any atom is 0.103 e. The summed E-state index contributed by atoms with van der Waals surface area (Å²) in [5, 5.41) is 8.70. The van der Waals surface area contributed by atoms with E-state index in [1.807, 2.05) is 14.1 Å². The predicted molar refractivity (Wildman–Crippen MR) is 110 cm³/mol. The smallest absolute Gasteiger partial charge is 0.103 e. The Balaban J connectivity index is 0.000000350. The molecule has 0 aromatic heterocycles. The van der Waals surface area contributed by atoms with Gasteiger partial charge in [-0.25, -0.2) is 0 Å². The number of aliphatic hydroxyl groups excluding tert-OH is 1. The summed E-state index contributed by atoms with van der Waals surface area (Å²) in [4.78, 5) is 1.29. The van der Waals surface area contributed by atoms with Gasteiger partial charge in [-0.2, -0.15) is 0 Å². The third kappa shape index (κ3) is 12.8. The van der Waals surface area contributed by atoms with Gasteiger partial charge in [0, 0.05) is 17.8 Å². The van der Waals surface area contributed by atoms with Crippen molar-refractivity contribution in [2.45, 2.75) is 46.6 Å². The molecule has 2 N–H and O–H groups in total. The molecule has 2 rings (SSSR count). The fourth-order valence-electron chi connectivity index (χ4n) is 4.48. The zero-order chi connectivity index (χ0) is 19.8. The lowest BCUT2D eigenvalue weighted by Crippen LogP contribution is -3.06. The lowest BCUT2D eigenvalue weighted by molar-refractivity contribution is -0.898. The average molecular weight is 361 g/mol. The highest BCUT2D eigenvalue weighted by Gasteiger charge is 2.33. The van der Waals surface area contributed by atoms with Crippen LogP contribution in [0, 0.1) is 17.8 Å². The Morgan fingerprint density at radius 2 is 1.40 bits per heavy atom. The summed E-state index contributed by atoms with van der Waals surface area (Å²) >= 11 is 0. The molecule has 4 heteroatoms. The van der Waals surface area contributed by atoms with Gasteiger partial charge in [0.2, 0.25) is 0 Å². The number of hydrogen-bond acceptors (Lipinski definition) is 1. The van der Waals surface area contributed by atoms with E-state index in [4.69, 9.17) is 5.11 Å². The first kappa shape index (κ1) is 24.8. The van der Waals surface area contributed by atoms with E-state index in [2.05, 4.69) is 49.0 Å². The second-order valence-electron chi connectivity index (χ2n) is 10.6. The van der Waals surface area contributed by atoms with E-state index in [0.29, 0.717) is 0 Å². The molecule has 2 aliphatic rings. The molecule has 2 heterocycles. The maximum atomic E-state index is 8.70. The molecule has 0 radical (unpaired) electrons. The molecule has 0 bridgehead atoms. The Bertz CT molecular complexity index is 328. The van der Waals surface area contributed by atoms with Crippen molar-refractivity contribution in [2.75, 3.05) is 75.0 Å². The van der Waals surface area contributed by atoms with Crippen LogP contribution in [0.5, 0.6) is 0 Å². The van der Waals surface area contributed by atoms with Crippen LogP contribution in [-0.2, 0) is 0 Å². The van der Waals surface area contributed by atoms with Gasteiger partial charge >= 0.3 is 0 Å². The molecular weight excluding hydrogens is 310 g/mol. The summed E-state index contributed by atoms with van der Waals surface area (Å²) < 4.78 is 2.46. The topological polar surface area (TPSA) is 24.7 Å². The Labute approximate surface area is 159 Å². The molecule has 2 fully saturated rings. The predicted octanol–water partition coefficient (Wildman–Crippen LogP) is 1.35. The Hall–Kier alpha value is -0.160. The number of nitrogens with one attached hydrogen (secondary N) is 1. The zero-order valence-electron chi connectivity index (χ0n) is 19.1. The standard InChI is InChI=1S/2C8H18N.C5H13NO/c1-7-5-9(3,4)6-8(7)2;1-8-5-4-6-9(2,3)7-8;1-5(7)4-6(2)3/h7-8H,5-6H2,1-4H3;8H,4-7H2,1-3H3;5,7H,4H2,1-3H3/q2*+1;/p+1. The van der Waals surface area contributed by atoms with Crippen molar-refractivity contribution < 1.29 is 19.0 Å². The minimum atomic E-state index is -0.162. The van der Waals surface area contributed by atoms with Crippen LogP contribution in [0.2, 0.25) is 0 Å². The van der Waals surface area contributed by atoms with Crippen LogP contribution in [0.1, 0.15) is 40.5 Å². The van der Waals surface area contributed by atoms with E-state index in [9.17, 15) is 0 Å². The number of likely N-dealkylation sites (N-methyl/N-ethyl adjacent to an activating group) is 1. The zero-order valence-corrected chi connectivity index (χ0v) is 19.1. The van der Waals surface area contributed by atoms with Crippen LogP contribution >= 0.6 is 0 Å². The highest BCUT2D eigenvalue weighted by Crippen LogP contribution is 2.25. The van der Waals surface area contributed by atoms with Gasteiger partial charge in [0.25, 0.3) is 0 Å². The molecule has 4 unspecified atom stereocenters. The third-order valence-corrected chi connectivity index (χ3v) is 5.51. The second-order valence-corrected chi connectivity index (χ2v) is 10.6. The molecule has 25 heavy (non-hydrogen) atoms. The lowest BCUT2D eigenvalue weighted by Gasteiger charge is -2.36. The van der Waals surface area contributed by atoms with Gasteiger partial charge in [0.1, 0.15) is 12.6 Å². The number of piperidine rings is 1. The van der Waals surface area contributed by atoms with Gasteiger partial charge in [0.15, 0.2) is 0 Å². The number of rotatable bonds is 2. The summed E-state index contributed by atoms with van der Waals surface area (Å²) in [5.41, 5.74) is 0. The molecule has 4 atom stereocenters. The molecule has 0 aromatic rings. The van der Waals surface area contributed by atoms with Crippen molar-refractivity contribution >= 4 is 0 Å². The van der Waals surface area contributed by atoms with Crippen LogP contribution in [-0.4, -0.2) is 95.2 Å². The minimum Gasteiger partial charge on any atom is -0.388 e. The normalized spacial score (nSPS) is 31.4. The number of quaternary nitrogens is 3. The quantitative estimate of drug-likeness (QED) is 0.714. The molecule has 4 nitrogen and oxygen atoms in total. The number of likely N-dealkylation sites (tertiary alicyclic amines) is 2. The monoisotopic (exact) mass is 360 g/mol. The molecule has 152 valence electrons. The third-order valence-electron chi connectivity index (χ3n) is 5.51. The van der Waals surface area contributed by atoms with Crippen LogP contribution in [0.25, 0.3) is 0 Å². The first-order chi connectivity index (χ1) is 11.2. The summed E-state index contributed by atoms with van der Waals surface area (Å²) in [7, 11) is 13.3. The van der Waals surface area contributed by atoms with Gasteiger partial charge in [-0.3, -0.25) is 0 Å². The van der Waals surface area contributed by atoms with Gasteiger partial charge in [-0.1, -0.05) is 20.8 Å². The second kappa shape index (κ2) is 10.9. The fourth-order valence-corrected chi connectivity index (χ4v) is 4.48. The number of aliphatic hydroxyl groups is 1. The Kier molecular flexibility index (Phi) is 10.8. The Morgan fingerprint density at radius 3 is 1.56 bits per heavy atom. The Morgan fingerprint density at radius 1 is 0.920 bits per heavy atom. The first-order valence-electron chi connectivity index (χ1n) is 10.3. The van der Waals surface area contributed by atoms with E-state index in [1.165, 1.54) is 52.9 Å². The summed E-state index contributed by atoms with van der Waals surface area (Å²) in [6.45, 7) is 15.2.